The van der Waals surface area contributed by atoms with Crippen LogP contribution in [0.1, 0.15) is 37.3 Å². The maximum Gasteiger partial charge on any atom is 0.126 e. The van der Waals surface area contributed by atoms with Gasteiger partial charge < -0.3 is 5.73 Å². The summed E-state index contributed by atoms with van der Waals surface area (Å²) < 4.78 is 13.1. The van der Waals surface area contributed by atoms with Crippen molar-refractivity contribution in [3.8, 4) is 0 Å². The summed E-state index contributed by atoms with van der Waals surface area (Å²) in [6.07, 6.45) is 0.961. The lowest BCUT2D eigenvalue weighted by molar-refractivity contribution is 0.472. The Hall–Kier alpha value is -0.890. The molecule has 0 spiro atoms. The Morgan fingerprint density at radius 1 is 1.33 bits per heavy atom. The fourth-order valence-corrected chi connectivity index (χ4v) is 1.96. The van der Waals surface area contributed by atoms with Crippen LogP contribution >= 0.6 is 0 Å². The summed E-state index contributed by atoms with van der Waals surface area (Å²) in [6, 6.07) is 5.37. The molecule has 0 bridgehead atoms. The van der Waals surface area contributed by atoms with E-state index in [2.05, 4.69) is 13.8 Å². The molecule has 1 aromatic rings. The zero-order chi connectivity index (χ0) is 11.4. The van der Waals surface area contributed by atoms with Gasteiger partial charge >= 0.3 is 0 Å². The van der Waals surface area contributed by atoms with Gasteiger partial charge in [-0.05, 0) is 48.9 Å². The van der Waals surface area contributed by atoms with Crippen molar-refractivity contribution in [2.45, 2.75) is 33.1 Å². The molecule has 0 saturated carbocycles. The van der Waals surface area contributed by atoms with Gasteiger partial charge in [0.2, 0.25) is 0 Å². The van der Waals surface area contributed by atoms with E-state index in [4.69, 9.17) is 5.73 Å². The van der Waals surface area contributed by atoms with Gasteiger partial charge in [0.15, 0.2) is 0 Å². The largest absolute Gasteiger partial charge is 0.330 e. The molecule has 0 aromatic heterocycles. The van der Waals surface area contributed by atoms with Crippen LogP contribution in [-0.4, -0.2) is 6.54 Å². The Balaban J connectivity index is 2.95. The Morgan fingerprint density at radius 3 is 2.47 bits per heavy atom. The number of aryl methyl sites for hydroxylation is 1. The lowest BCUT2D eigenvalue weighted by Gasteiger charge is -2.21. The van der Waals surface area contributed by atoms with Crippen molar-refractivity contribution in [2.24, 2.45) is 11.7 Å². The molecule has 0 aliphatic carbocycles. The molecule has 2 heteroatoms. The lowest BCUT2D eigenvalue weighted by Crippen LogP contribution is -2.13. The molecule has 0 amide bonds. The molecule has 0 radical (unpaired) electrons. The van der Waals surface area contributed by atoms with Crippen molar-refractivity contribution in [1.82, 2.24) is 0 Å². The standard InChI is InChI=1S/C13H20FN/c1-9(2)12(6-7-15)11-4-5-13(14)10(3)8-11/h4-5,8-9,12H,6-7,15H2,1-3H3. The molecule has 0 fully saturated rings. The molecule has 1 nitrogen and oxygen atoms in total. The maximum atomic E-state index is 13.1. The third kappa shape index (κ3) is 3.03. The first-order valence-corrected chi connectivity index (χ1v) is 5.52. The normalized spacial score (nSPS) is 13.2. The Labute approximate surface area is 91.5 Å². The van der Waals surface area contributed by atoms with E-state index in [0.717, 1.165) is 12.0 Å². The molecular formula is C13H20FN. The van der Waals surface area contributed by atoms with Crippen LogP contribution in [-0.2, 0) is 0 Å². The maximum absolute atomic E-state index is 13.1. The van der Waals surface area contributed by atoms with Crippen LogP contribution < -0.4 is 5.73 Å². The van der Waals surface area contributed by atoms with Crippen LogP contribution in [0, 0.1) is 18.7 Å². The number of hydrogen-bond donors (Lipinski definition) is 1. The summed E-state index contributed by atoms with van der Waals surface area (Å²) in [4.78, 5) is 0. The first-order valence-electron chi connectivity index (χ1n) is 5.52. The summed E-state index contributed by atoms with van der Waals surface area (Å²) in [6.45, 7) is 6.84. The molecule has 1 aromatic carbocycles. The van der Waals surface area contributed by atoms with Gasteiger partial charge in [0.1, 0.15) is 5.82 Å². The van der Waals surface area contributed by atoms with Gasteiger partial charge in [-0.1, -0.05) is 26.0 Å². The lowest BCUT2D eigenvalue weighted by atomic mass is 9.85. The third-order valence-corrected chi connectivity index (χ3v) is 2.89. The van der Waals surface area contributed by atoms with E-state index in [1.807, 2.05) is 12.1 Å². The number of halogens is 1. The number of benzene rings is 1. The molecule has 15 heavy (non-hydrogen) atoms. The second-order valence-electron chi connectivity index (χ2n) is 4.44. The molecular weight excluding hydrogens is 189 g/mol. The summed E-state index contributed by atoms with van der Waals surface area (Å²) in [5.74, 6) is 0.849. The molecule has 0 heterocycles. The third-order valence-electron chi connectivity index (χ3n) is 2.89. The van der Waals surface area contributed by atoms with Gasteiger partial charge in [-0.15, -0.1) is 0 Å². The van der Waals surface area contributed by atoms with E-state index in [1.165, 1.54) is 5.56 Å². The van der Waals surface area contributed by atoms with Crippen molar-refractivity contribution in [2.75, 3.05) is 6.54 Å². The van der Waals surface area contributed by atoms with Crippen molar-refractivity contribution >= 4 is 0 Å². The second kappa shape index (κ2) is 5.26. The first kappa shape index (κ1) is 12.2. The van der Waals surface area contributed by atoms with E-state index in [-0.39, 0.29) is 5.82 Å². The van der Waals surface area contributed by atoms with Crippen LogP contribution in [0.5, 0.6) is 0 Å². The predicted molar refractivity (Wildman–Crippen MR) is 62.4 cm³/mol. The molecule has 0 aliphatic heterocycles. The van der Waals surface area contributed by atoms with Crippen LogP contribution in [0.4, 0.5) is 4.39 Å². The van der Waals surface area contributed by atoms with Gasteiger partial charge in [-0.25, -0.2) is 4.39 Å². The number of hydrogen-bond acceptors (Lipinski definition) is 1. The monoisotopic (exact) mass is 209 g/mol. The van der Waals surface area contributed by atoms with Crippen LogP contribution in [0.15, 0.2) is 18.2 Å². The van der Waals surface area contributed by atoms with Crippen molar-refractivity contribution in [3.63, 3.8) is 0 Å². The molecule has 0 saturated heterocycles. The van der Waals surface area contributed by atoms with Gasteiger partial charge in [0.25, 0.3) is 0 Å². The van der Waals surface area contributed by atoms with Crippen molar-refractivity contribution in [3.05, 3.63) is 35.1 Å². The number of nitrogens with two attached hydrogens (primary N) is 1. The average molecular weight is 209 g/mol. The van der Waals surface area contributed by atoms with Gasteiger partial charge in [0.05, 0.1) is 0 Å². The summed E-state index contributed by atoms with van der Waals surface area (Å²) in [5.41, 5.74) is 7.52. The highest BCUT2D eigenvalue weighted by atomic mass is 19.1. The first-order chi connectivity index (χ1) is 7.06. The second-order valence-corrected chi connectivity index (χ2v) is 4.44. The summed E-state index contributed by atoms with van der Waals surface area (Å²) in [5, 5.41) is 0. The van der Waals surface area contributed by atoms with Gasteiger partial charge in [-0.2, -0.15) is 0 Å². The minimum absolute atomic E-state index is 0.131. The van der Waals surface area contributed by atoms with Crippen LogP contribution in [0.25, 0.3) is 0 Å². The molecule has 84 valence electrons. The Kier molecular flexibility index (Phi) is 4.28. The molecule has 0 aliphatic rings. The molecule has 1 rings (SSSR count). The molecule has 2 N–H and O–H groups in total. The van der Waals surface area contributed by atoms with E-state index in [9.17, 15) is 4.39 Å². The highest BCUT2D eigenvalue weighted by Crippen LogP contribution is 2.28. The number of rotatable bonds is 4. The quantitative estimate of drug-likeness (QED) is 0.809. The Morgan fingerprint density at radius 2 is 2.00 bits per heavy atom. The smallest absolute Gasteiger partial charge is 0.126 e. The highest BCUT2D eigenvalue weighted by molar-refractivity contribution is 5.27. The fourth-order valence-electron chi connectivity index (χ4n) is 1.96. The van der Waals surface area contributed by atoms with E-state index < -0.39 is 0 Å². The van der Waals surface area contributed by atoms with Crippen LogP contribution in [0.3, 0.4) is 0 Å². The zero-order valence-electron chi connectivity index (χ0n) is 9.76. The molecule has 1 unspecified atom stereocenters. The van der Waals surface area contributed by atoms with E-state index >= 15 is 0 Å². The average Bonchev–Trinajstić information content (AvgIpc) is 2.18. The molecule has 1 atom stereocenters. The Bertz CT molecular complexity index is 320. The summed E-state index contributed by atoms with van der Waals surface area (Å²) >= 11 is 0. The highest BCUT2D eigenvalue weighted by Gasteiger charge is 2.15. The predicted octanol–water partition coefficient (Wildman–Crippen LogP) is 3.22. The van der Waals surface area contributed by atoms with Crippen molar-refractivity contribution < 1.29 is 4.39 Å². The van der Waals surface area contributed by atoms with Gasteiger partial charge in [0, 0.05) is 0 Å². The topological polar surface area (TPSA) is 26.0 Å². The van der Waals surface area contributed by atoms with E-state index in [1.54, 1.807) is 13.0 Å². The van der Waals surface area contributed by atoms with Crippen molar-refractivity contribution in [1.29, 1.82) is 0 Å². The fraction of sp³-hybridized carbons (Fsp3) is 0.538. The zero-order valence-corrected chi connectivity index (χ0v) is 9.76. The minimum atomic E-state index is -0.131. The van der Waals surface area contributed by atoms with Crippen LogP contribution in [0.2, 0.25) is 0 Å². The van der Waals surface area contributed by atoms with E-state index in [0.29, 0.717) is 18.4 Å². The van der Waals surface area contributed by atoms with Gasteiger partial charge in [-0.3, -0.25) is 0 Å². The summed E-state index contributed by atoms with van der Waals surface area (Å²) in [7, 11) is 0. The minimum Gasteiger partial charge on any atom is -0.330 e. The SMILES string of the molecule is Cc1cc(C(CCN)C(C)C)ccc1F.